The third-order valence-corrected chi connectivity index (χ3v) is 6.34. The first-order valence-corrected chi connectivity index (χ1v) is 10.3. The van der Waals surface area contributed by atoms with Crippen LogP contribution in [-0.2, 0) is 14.8 Å². The van der Waals surface area contributed by atoms with Gasteiger partial charge >= 0.3 is 0 Å². The molecule has 0 atom stereocenters. The summed E-state index contributed by atoms with van der Waals surface area (Å²) in [5.41, 5.74) is 0.299. The Bertz CT molecular complexity index is 962. The number of carbonyl (C=O) groups is 2. The molecule has 28 heavy (non-hydrogen) atoms. The second kappa shape index (κ2) is 8.11. The summed E-state index contributed by atoms with van der Waals surface area (Å²) in [5.74, 6) is 0.0255. The fourth-order valence-corrected chi connectivity index (χ4v) is 4.48. The van der Waals surface area contributed by atoms with Gasteiger partial charge in [-0.1, -0.05) is 5.16 Å². The monoisotopic (exact) mass is 406 g/mol. The van der Waals surface area contributed by atoms with Crippen molar-refractivity contribution in [2.24, 2.45) is 0 Å². The molecule has 2 heterocycles. The largest absolute Gasteiger partial charge is 0.360 e. The van der Waals surface area contributed by atoms with Crippen LogP contribution in [0.1, 0.15) is 29.0 Å². The Morgan fingerprint density at radius 1 is 1.21 bits per heavy atom. The molecule has 0 spiro atoms. The van der Waals surface area contributed by atoms with E-state index in [2.05, 4.69) is 10.5 Å². The minimum absolute atomic E-state index is 0.160. The topological polar surface area (TPSA) is 113 Å². The van der Waals surface area contributed by atoms with Crippen molar-refractivity contribution in [2.75, 3.05) is 32.0 Å². The van der Waals surface area contributed by atoms with E-state index in [1.165, 1.54) is 40.5 Å². The Hall–Kier alpha value is -2.72. The molecule has 1 aromatic heterocycles. The average Bonchev–Trinajstić information content (AvgIpc) is 3.33. The highest BCUT2D eigenvalue weighted by molar-refractivity contribution is 7.89. The van der Waals surface area contributed by atoms with Gasteiger partial charge in [-0.15, -0.1) is 0 Å². The number of sulfonamides is 1. The summed E-state index contributed by atoms with van der Waals surface area (Å²) in [6, 6.07) is 7.33. The highest BCUT2D eigenvalue weighted by Crippen LogP contribution is 2.21. The molecule has 0 radical (unpaired) electrons. The number of rotatable bonds is 6. The van der Waals surface area contributed by atoms with Gasteiger partial charge in [0.05, 0.1) is 11.4 Å². The summed E-state index contributed by atoms with van der Waals surface area (Å²) in [7, 11) is -2.03. The van der Waals surface area contributed by atoms with Crippen molar-refractivity contribution in [3.8, 4) is 0 Å². The molecule has 0 aliphatic carbocycles. The number of aryl methyl sites for hydroxylation is 1. The van der Waals surface area contributed by atoms with Crippen molar-refractivity contribution in [1.29, 1.82) is 0 Å². The van der Waals surface area contributed by atoms with E-state index in [1.807, 2.05) is 0 Å². The van der Waals surface area contributed by atoms with Gasteiger partial charge < -0.3 is 14.7 Å². The molecule has 2 aromatic rings. The lowest BCUT2D eigenvalue weighted by Crippen LogP contribution is -2.35. The third-order valence-electron chi connectivity index (χ3n) is 4.43. The molecule has 1 saturated heterocycles. The normalized spacial score (nSPS) is 14.8. The second-order valence-corrected chi connectivity index (χ2v) is 8.61. The number of carbonyl (C=O) groups excluding carboxylic acids is 2. The van der Waals surface area contributed by atoms with Crippen LogP contribution in [0.4, 0.5) is 5.82 Å². The van der Waals surface area contributed by atoms with E-state index >= 15 is 0 Å². The number of hydrogen-bond donors (Lipinski definition) is 1. The summed E-state index contributed by atoms with van der Waals surface area (Å²) in [4.78, 5) is 25.9. The minimum Gasteiger partial charge on any atom is -0.360 e. The number of amides is 2. The number of likely N-dealkylation sites (N-methyl/N-ethyl adjacent to an activating group) is 1. The van der Waals surface area contributed by atoms with Crippen LogP contribution in [0.2, 0.25) is 0 Å². The summed E-state index contributed by atoms with van der Waals surface area (Å²) >= 11 is 0. The van der Waals surface area contributed by atoms with Gasteiger partial charge in [-0.3, -0.25) is 9.59 Å². The standard InChI is InChI=1S/C18H22N4O5S/c1-13-11-16(20-27-13)19-17(23)12-21(2)18(24)14-5-7-15(8-6-14)28(25,26)22-9-3-4-10-22/h5-8,11H,3-4,9-10,12H2,1-2H3,(H,19,20,23). The molecule has 3 rings (SSSR count). The Morgan fingerprint density at radius 3 is 2.43 bits per heavy atom. The zero-order valence-electron chi connectivity index (χ0n) is 15.7. The molecule has 150 valence electrons. The van der Waals surface area contributed by atoms with Gasteiger partial charge in [-0.2, -0.15) is 4.31 Å². The minimum atomic E-state index is -3.52. The molecule has 1 aliphatic rings. The van der Waals surface area contributed by atoms with Gasteiger partial charge in [-0.05, 0) is 44.0 Å². The second-order valence-electron chi connectivity index (χ2n) is 6.67. The van der Waals surface area contributed by atoms with Gasteiger partial charge in [0.15, 0.2) is 5.82 Å². The number of nitrogens with zero attached hydrogens (tertiary/aromatic N) is 3. The average molecular weight is 406 g/mol. The van der Waals surface area contributed by atoms with Gasteiger partial charge in [0, 0.05) is 31.8 Å². The highest BCUT2D eigenvalue weighted by Gasteiger charge is 2.27. The summed E-state index contributed by atoms with van der Waals surface area (Å²) in [6.45, 7) is 2.56. The van der Waals surface area contributed by atoms with Crippen molar-refractivity contribution in [3.05, 3.63) is 41.7 Å². The maximum absolute atomic E-state index is 12.5. The summed E-state index contributed by atoms with van der Waals surface area (Å²) in [6.07, 6.45) is 1.72. The van der Waals surface area contributed by atoms with Crippen LogP contribution in [0.3, 0.4) is 0 Å². The van der Waals surface area contributed by atoms with E-state index in [1.54, 1.807) is 13.0 Å². The zero-order chi connectivity index (χ0) is 20.3. The molecule has 0 unspecified atom stereocenters. The molecule has 2 amide bonds. The quantitative estimate of drug-likeness (QED) is 0.777. The summed E-state index contributed by atoms with van der Waals surface area (Å²) in [5, 5.41) is 6.20. The number of benzene rings is 1. The smallest absolute Gasteiger partial charge is 0.254 e. The van der Waals surface area contributed by atoms with Gasteiger partial charge in [0.25, 0.3) is 5.91 Å². The molecular weight excluding hydrogens is 384 g/mol. The van der Waals surface area contributed by atoms with Crippen molar-refractivity contribution in [2.45, 2.75) is 24.7 Å². The van der Waals surface area contributed by atoms with E-state index in [4.69, 9.17) is 4.52 Å². The molecular formula is C18H22N4O5S. The summed E-state index contributed by atoms with van der Waals surface area (Å²) < 4.78 is 31.4. The highest BCUT2D eigenvalue weighted by atomic mass is 32.2. The lowest BCUT2D eigenvalue weighted by Gasteiger charge is -2.18. The van der Waals surface area contributed by atoms with Crippen LogP contribution in [0.25, 0.3) is 0 Å². The third kappa shape index (κ3) is 4.39. The number of aromatic nitrogens is 1. The van der Waals surface area contributed by atoms with E-state index in [0.29, 0.717) is 24.4 Å². The predicted molar refractivity (Wildman–Crippen MR) is 101 cm³/mol. The van der Waals surface area contributed by atoms with E-state index in [-0.39, 0.29) is 17.3 Å². The van der Waals surface area contributed by atoms with Crippen molar-refractivity contribution >= 4 is 27.7 Å². The van der Waals surface area contributed by atoms with Gasteiger partial charge in [-0.25, -0.2) is 8.42 Å². The number of nitrogens with one attached hydrogen (secondary N) is 1. The predicted octanol–water partition coefficient (Wildman–Crippen LogP) is 1.48. The Labute approximate surface area is 163 Å². The van der Waals surface area contributed by atoms with Gasteiger partial charge in [0.2, 0.25) is 15.9 Å². The van der Waals surface area contributed by atoms with E-state index in [0.717, 1.165) is 12.8 Å². The van der Waals surface area contributed by atoms with E-state index < -0.39 is 21.8 Å². The van der Waals surface area contributed by atoms with Crippen LogP contribution in [0.15, 0.2) is 39.8 Å². The first-order valence-electron chi connectivity index (χ1n) is 8.86. The Morgan fingerprint density at radius 2 is 1.86 bits per heavy atom. The molecule has 1 N–H and O–H groups in total. The fraction of sp³-hybridized carbons (Fsp3) is 0.389. The van der Waals surface area contributed by atoms with Crippen LogP contribution >= 0.6 is 0 Å². The fourth-order valence-electron chi connectivity index (χ4n) is 2.96. The van der Waals surface area contributed by atoms with Crippen molar-refractivity contribution < 1.29 is 22.5 Å². The van der Waals surface area contributed by atoms with Crippen LogP contribution in [-0.4, -0.2) is 61.3 Å². The maximum Gasteiger partial charge on any atom is 0.254 e. The molecule has 9 nitrogen and oxygen atoms in total. The first-order chi connectivity index (χ1) is 13.3. The number of hydrogen-bond acceptors (Lipinski definition) is 6. The maximum atomic E-state index is 12.5. The van der Waals surface area contributed by atoms with E-state index in [9.17, 15) is 18.0 Å². The Balaban J connectivity index is 1.62. The molecule has 1 fully saturated rings. The lowest BCUT2D eigenvalue weighted by molar-refractivity contribution is -0.116. The zero-order valence-corrected chi connectivity index (χ0v) is 16.5. The molecule has 1 aromatic carbocycles. The van der Waals surface area contributed by atoms with Crippen molar-refractivity contribution in [1.82, 2.24) is 14.4 Å². The van der Waals surface area contributed by atoms with Crippen molar-refractivity contribution in [3.63, 3.8) is 0 Å². The van der Waals surface area contributed by atoms with Crippen LogP contribution in [0.5, 0.6) is 0 Å². The lowest BCUT2D eigenvalue weighted by atomic mass is 10.2. The van der Waals surface area contributed by atoms with Crippen LogP contribution < -0.4 is 5.32 Å². The molecule has 0 bridgehead atoms. The van der Waals surface area contributed by atoms with Crippen LogP contribution in [0, 0.1) is 6.92 Å². The molecule has 10 heteroatoms. The molecule has 1 aliphatic heterocycles. The Kier molecular flexibility index (Phi) is 5.80. The number of anilines is 1. The molecule has 0 saturated carbocycles. The van der Waals surface area contributed by atoms with Gasteiger partial charge in [0.1, 0.15) is 5.76 Å². The first kappa shape index (κ1) is 20.0. The SMILES string of the molecule is Cc1cc(NC(=O)CN(C)C(=O)c2ccc(S(=O)(=O)N3CCCC3)cc2)no1.